The number of phosphoric acid groups is 1. The Balaban J connectivity index is 3.49. The van der Waals surface area contributed by atoms with Gasteiger partial charge in [0.25, 0.3) is 0 Å². The van der Waals surface area contributed by atoms with E-state index in [1.165, 1.54) is 0 Å². The summed E-state index contributed by atoms with van der Waals surface area (Å²) in [4.78, 5) is 16.3. The average Bonchev–Trinajstić information content (AvgIpc) is 2.01. The monoisotopic (exact) mass is 256 g/mol. The van der Waals surface area contributed by atoms with Gasteiger partial charge < -0.3 is 4.89 Å². The summed E-state index contributed by atoms with van der Waals surface area (Å²) in [5, 5.41) is 0. The van der Waals surface area contributed by atoms with Crippen LogP contribution in [0.25, 0.3) is 0 Å². The van der Waals surface area contributed by atoms with E-state index < -0.39 is 28.9 Å². The third kappa shape index (κ3) is 8.71. The summed E-state index contributed by atoms with van der Waals surface area (Å²) in [6.45, 7) is -1.01. The number of hydrogen-bond donors (Lipinski definition) is 2. The molecule has 11 heteroatoms. The van der Waals surface area contributed by atoms with Crippen LogP contribution in [0.15, 0.2) is 0 Å². The van der Waals surface area contributed by atoms with Gasteiger partial charge in [0, 0.05) is 0 Å². The maximum atomic E-state index is 11.8. The van der Waals surface area contributed by atoms with Crippen molar-refractivity contribution in [3.05, 3.63) is 0 Å². The van der Waals surface area contributed by atoms with Gasteiger partial charge in [0.15, 0.2) is 0 Å². The summed E-state index contributed by atoms with van der Waals surface area (Å²) in [6, 6.07) is 0. The highest BCUT2D eigenvalue weighted by molar-refractivity contribution is 7.47. The van der Waals surface area contributed by atoms with Gasteiger partial charge in [-0.15, -0.1) is 4.20 Å². The van der Waals surface area contributed by atoms with Gasteiger partial charge in [0.05, 0.1) is 13.2 Å². The van der Waals surface area contributed by atoms with Gasteiger partial charge in [-0.25, -0.2) is 9.13 Å². The molecule has 0 saturated carbocycles. The molecule has 0 aromatic heterocycles. The van der Waals surface area contributed by atoms with E-state index in [1.54, 1.807) is 0 Å². The van der Waals surface area contributed by atoms with E-state index in [1.807, 2.05) is 0 Å². The first-order valence-electron chi connectivity index (χ1n) is 3.21. The average molecular weight is 256 g/mol. The molecular formula is C3H8F2O7P2. The van der Waals surface area contributed by atoms with Gasteiger partial charge in [0.2, 0.25) is 0 Å². The molecule has 0 aliphatic heterocycles. The van der Waals surface area contributed by atoms with E-state index in [0.29, 0.717) is 0 Å². The molecule has 0 aliphatic rings. The van der Waals surface area contributed by atoms with E-state index >= 15 is 0 Å². The molecule has 0 bridgehead atoms. The van der Waals surface area contributed by atoms with Crippen molar-refractivity contribution < 1.29 is 41.4 Å². The van der Waals surface area contributed by atoms with Crippen molar-refractivity contribution in [3.8, 4) is 0 Å². The van der Waals surface area contributed by atoms with Crippen LogP contribution >= 0.6 is 15.7 Å². The fourth-order valence-corrected chi connectivity index (χ4v) is 1.19. The standard InChI is InChI=1S/C3H8F2O7P2/c4-12-14(8,9)11-3-1-2-10-13(5,6)7/h1-3H2,(H,6,7)(H,8,9). The van der Waals surface area contributed by atoms with Crippen LogP contribution in [0, 0.1) is 0 Å². The number of halogens is 2. The first-order valence-corrected chi connectivity index (χ1v) is 6.18. The number of hydrogen-bond acceptors (Lipinski definition) is 5. The summed E-state index contributed by atoms with van der Waals surface area (Å²) < 4.78 is 53.3. The molecule has 0 aromatic rings. The van der Waals surface area contributed by atoms with E-state index in [4.69, 9.17) is 9.79 Å². The Morgan fingerprint density at radius 3 is 2.07 bits per heavy atom. The van der Waals surface area contributed by atoms with Crippen LogP contribution in [0.4, 0.5) is 8.72 Å². The van der Waals surface area contributed by atoms with Crippen molar-refractivity contribution >= 4 is 15.7 Å². The van der Waals surface area contributed by atoms with Crippen LogP contribution in [0.5, 0.6) is 0 Å². The first-order chi connectivity index (χ1) is 6.27. The molecule has 0 heterocycles. The smallest absolute Gasteiger partial charge is 0.301 e. The molecule has 2 unspecified atom stereocenters. The first kappa shape index (κ1) is 14.1. The lowest BCUT2D eigenvalue weighted by Gasteiger charge is -2.06. The number of rotatable bonds is 7. The van der Waals surface area contributed by atoms with E-state index in [2.05, 4.69) is 13.8 Å². The van der Waals surface area contributed by atoms with Crippen LogP contribution in [0.3, 0.4) is 0 Å². The van der Waals surface area contributed by atoms with Crippen molar-refractivity contribution in [2.45, 2.75) is 6.42 Å². The highest BCUT2D eigenvalue weighted by Gasteiger charge is 2.22. The largest absolute Gasteiger partial charge is 0.510 e. The topological polar surface area (TPSA) is 102 Å². The van der Waals surface area contributed by atoms with Crippen molar-refractivity contribution in [2.75, 3.05) is 13.2 Å². The Labute approximate surface area is 77.8 Å². The maximum Gasteiger partial charge on any atom is 0.510 e. The lowest BCUT2D eigenvalue weighted by atomic mass is 10.5. The van der Waals surface area contributed by atoms with Crippen molar-refractivity contribution in [1.29, 1.82) is 0 Å². The molecule has 14 heavy (non-hydrogen) atoms. The normalized spacial score (nSPS) is 20.0. The third-order valence-corrected chi connectivity index (χ3v) is 2.07. The second-order valence-corrected chi connectivity index (χ2v) is 4.50. The summed E-state index contributed by atoms with van der Waals surface area (Å²) in [5.41, 5.74) is 0. The van der Waals surface area contributed by atoms with E-state index in [9.17, 15) is 17.9 Å². The fourth-order valence-electron chi connectivity index (χ4n) is 0.436. The van der Waals surface area contributed by atoms with Gasteiger partial charge in [-0.05, 0) is 10.9 Å². The number of phosphoric ester groups is 1. The van der Waals surface area contributed by atoms with Gasteiger partial charge in [-0.2, -0.15) is 0 Å². The quantitative estimate of drug-likeness (QED) is 0.525. The highest BCUT2D eigenvalue weighted by atomic mass is 31.2. The minimum Gasteiger partial charge on any atom is -0.301 e. The second kappa shape index (κ2) is 5.87. The van der Waals surface area contributed by atoms with Gasteiger partial charge in [0.1, 0.15) is 0 Å². The van der Waals surface area contributed by atoms with Crippen LogP contribution in [0.1, 0.15) is 6.42 Å². The van der Waals surface area contributed by atoms with Crippen LogP contribution in [-0.2, 0) is 22.9 Å². The molecule has 0 saturated heterocycles. The van der Waals surface area contributed by atoms with E-state index in [-0.39, 0.29) is 6.42 Å². The van der Waals surface area contributed by atoms with Crippen LogP contribution < -0.4 is 0 Å². The minimum absolute atomic E-state index is 0.178. The molecule has 86 valence electrons. The molecule has 0 rings (SSSR count). The van der Waals surface area contributed by atoms with Gasteiger partial charge >= 0.3 is 15.7 Å². The Morgan fingerprint density at radius 2 is 1.64 bits per heavy atom. The van der Waals surface area contributed by atoms with Crippen LogP contribution in [0.2, 0.25) is 0 Å². The minimum atomic E-state index is -5.05. The molecule has 7 nitrogen and oxygen atoms in total. The Morgan fingerprint density at radius 1 is 1.14 bits per heavy atom. The lowest BCUT2D eigenvalue weighted by Crippen LogP contribution is -1.98. The summed E-state index contributed by atoms with van der Waals surface area (Å²) in [7, 11) is -9.75. The van der Waals surface area contributed by atoms with Gasteiger partial charge in [-0.3, -0.25) is 13.9 Å². The van der Waals surface area contributed by atoms with Gasteiger partial charge in [-0.1, -0.05) is 4.73 Å². The van der Waals surface area contributed by atoms with Crippen molar-refractivity contribution in [1.82, 2.24) is 0 Å². The van der Waals surface area contributed by atoms with Crippen molar-refractivity contribution in [3.63, 3.8) is 0 Å². The molecule has 0 radical (unpaired) electrons. The Kier molecular flexibility index (Phi) is 5.92. The molecule has 2 N–H and O–H groups in total. The molecule has 0 aliphatic carbocycles. The Bertz CT molecular complexity index is 251. The molecule has 0 fully saturated rings. The molecule has 2 atom stereocenters. The molecule has 0 aromatic carbocycles. The fraction of sp³-hybridized carbons (Fsp3) is 1.00. The second-order valence-electron chi connectivity index (χ2n) is 2.01. The SMILES string of the molecule is O=P(O)(F)OCCCOP(=O)(O)OF. The zero-order valence-corrected chi connectivity index (χ0v) is 8.50. The zero-order valence-electron chi connectivity index (χ0n) is 6.71. The predicted octanol–water partition coefficient (Wildman–Crippen LogP) is 1.48. The predicted molar refractivity (Wildman–Crippen MR) is 39.5 cm³/mol. The molecule has 0 amide bonds. The lowest BCUT2D eigenvalue weighted by molar-refractivity contribution is -0.0483. The summed E-state index contributed by atoms with van der Waals surface area (Å²) in [5.74, 6) is 0. The molecule has 0 spiro atoms. The summed E-state index contributed by atoms with van der Waals surface area (Å²) >= 11 is 0. The zero-order chi connectivity index (χ0) is 11.2. The van der Waals surface area contributed by atoms with Crippen molar-refractivity contribution in [2.24, 2.45) is 0 Å². The molecular weight excluding hydrogens is 248 g/mol. The van der Waals surface area contributed by atoms with Crippen LogP contribution in [-0.4, -0.2) is 23.0 Å². The van der Waals surface area contributed by atoms with E-state index in [0.717, 1.165) is 0 Å². The highest BCUT2D eigenvalue weighted by Crippen LogP contribution is 2.44. The maximum absolute atomic E-state index is 11.8. The Hall–Kier alpha value is 0.120. The third-order valence-electron chi connectivity index (χ3n) is 0.881. The summed E-state index contributed by atoms with van der Waals surface area (Å²) in [6.07, 6.45) is -0.178.